The molecule has 17 heavy (non-hydrogen) atoms. The van der Waals surface area contributed by atoms with Crippen LogP contribution in [0.25, 0.3) is 0 Å². The highest BCUT2D eigenvalue weighted by Crippen LogP contribution is 2.22. The molecule has 1 aromatic rings. The summed E-state index contributed by atoms with van der Waals surface area (Å²) in [4.78, 5) is 11.9. The third kappa shape index (κ3) is 3.03. The summed E-state index contributed by atoms with van der Waals surface area (Å²) < 4.78 is 11.8. The Bertz CT molecular complexity index is 374. The number of esters is 1. The molecule has 0 aliphatic heterocycles. The van der Waals surface area contributed by atoms with Crippen molar-refractivity contribution in [1.82, 2.24) is 14.8 Å². The van der Waals surface area contributed by atoms with E-state index in [0.717, 1.165) is 0 Å². The zero-order chi connectivity index (χ0) is 12.9. The van der Waals surface area contributed by atoms with E-state index in [9.17, 15) is 4.79 Å². The average molecular weight is 241 g/mol. The number of carbonyl (C=O) groups excluding carboxylic acids is 1. The molecule has 96 valence electrons. The van der Waals surface area contributed by atoms with E-state index < -0.39 is 5.41 Å². The van der Waals surface area contributed by atoms with Crippen molar-refractivity contribution in [2.75, 3.05) is 20.3 Å². The Balaban J connectivity index is 2.90. The van der Waals surface area contributed by atoms with Crippen molar-refractivity contribution in [3.8, 4) is 0 Å². The lowest BCUT2D eigenvalue weighted by atomic mass is 9.92. The largest absolute Gasteiger partial charge is 0.465 e. The number of rotatable bonds is 6. The van der Waals surface area contributed by atoms with Crippen LogP contribution in [0.5, 0.6) is 0 Å². The molecule has 0 fully saturated rings. The van der Waals surface area contributed by atoms with Gasteiger partial charge < -0.3 is 14.0 Å². The fourth-order valence-corrected chi connectivity index (χ4v) is 1.50. The fourth-order valence-electron chi connectivity index (χ4n) is 1.50. The Kier molecular flexibility index (Phi) is 4.62. The van der Waals surface area contributed by atoms with Gasteiger partial charge in [0.25, 0.3) is 0 Å². The Labute approximate surface area is 101 Å². The van der Waals surface area contributed by atoms with E-state index in [2.05, 4.69) is 10.2 Å². The summed E-state index contributed by atoms with van der Waals surface area (Å²) in [6, 6.07) is 0. The molecule has 0 spiro atoms. The van der Waals surface area contributed by atoms with Crippen LogP contribution in [0, 0.1) is 0 Å². The second kappa shape index (κ2) is 5.77. The average Bonchev–Trinajstić information content (AvgIpc) is 2.75. The van der Waals surface area contributed by atoms with E-state index in [4.69, 9.17) is 9.47 Å². The Morgan fingerprint density at radius 1 is 1.53 bits per heavy atom. The predicted molar refractivity (Wildman–Crippen MR) is 61.6 cm³/mol. The molecule has 0 amide bonds. The number of carbonyl (C=O) groups is 1. The first kappa shape index (κ1) is 13.6. The van der Waals surface area contributed by atoms with Gasteiger partial charge in [0.1, 0.15) is 17.6 Å². The van der Waals surface area contributed by atoms with Crippen LogP contribution in [0.15, 0.2) is 6.33 Å². The van der Waals surface area contributed by atoms with E-state index in [1.54, 1.807) is 38.8 Å². The van der Waals surface area contributed by atoms with Crippen LogP contribution in [0.2, 0.25) is 0 Å². The highest BCUT2D eigenvalue weighted by molar-refractivity contribution is 5.81. The quantitative estimate of drug-likeness (QED) is 0.688. The molecule has 1 aromatic heterocycles. The molecule has 0 bridgehead atoms. The number of hydrogen-bond donors (Lipinski definition) is 0. The van der Waals surface area contributed by atoms with E-state index in [0.29, 0.717) is 25.6 Å². The molecule has 1 heterocycles. The second-order valence-electron chi connectivity index (χ2n) is 4.19. The zero-order valence-corrected chi connectivity index (χ0v) is 10.8. The summed E-state index contributed by atoms with van der Waals surface area (Å²) in [5.74, 6) is 0.291. The number of ether oxygens (including phenoxy) is 2. The summed E-state index contributed by atoms with van der Waals surface area (Å²) in [5.41, 5.74) is -0.805. The second-order valence-corrected chi connectivity index (χ2v) is 4.19. The van der Waals surface area contributed by atoms with Crippen molar-refractivity contribution in [2.45, 2.75) is 32.7 Å². The molecule has 1 rings (SSSR count). The Morgan fingerprint density at radius 2 is 2.24 bits per heavy atom. The molecule has 0 aliphatic carbocycles. The first-order valence-electron chi connectivity index (χ1n) is 5.58. The lowest BCUT2D eigenvalue weighted by molar-refractivity contribution is -0.149. The topological polar surface area (TPSA) is 66.2 Å². The van der Waals surface area contributed by atoms with Gasteiger partial charge in [0.05, 0.1) is 13.2 Å². The minimum Gasteiger partial charge on any atom is -0.465 e. The molecule has 0 aromatic carbocycles. The number of methoxy groups -OCH3 is 1. The van der Waals surface area contributed by atoms with Crippen molar-refractivity contribution in [1.29, 1.82) is 0 Å². The van der Waals surface area contributed by atoms with E-state index in [1.165, 1.54) is 0 Å². The van der Waals surface area contributed by atoms with Gasteiger partial charge in [-0.15, -0.1) is 10.2 Å². The maximum absolute atomic E-state index is 11.9. The highest BCUT2D eigenvalue weighted by atomic mass is 16.5. The highest BCUT2D eigenvalue weighted by Gasteiger charge is 2.36. The van der Waals surface area contributed by atoms with Crippen LogP contribution < -0.4 is 0 Å². The number of aromatic nitrogens is 3. The van der Waals surface area contributed by atoms with Gasteiger partial charge in [0, 0.05) is 13.7 Å². The summed E-state index contributed by atoms with van der Waals surface area (Å²) in [5, 5.41) is 7.83. The Morgan fingerprint density at radius 3 is 2.82 bits per heavy atom. The molecule has 0 saturated heterocycles. The van der Waals surface area contributed by atoms with Gasteiger partial charge in [-0.3, -0.25) is 4.79 Å². The molecule has 0 saturated carbocycles. The van der Waals surface area contributed by atoms with E-state index in [1.807, 2.05) is 0 Å². The van der Waals surface area contributed by atoms with Gasteiger partial charge in [0.2, 0.25) is 0 Å². The predicted octanol–water partition coefficient (Wildman–Crippen LogP) is 0.765. The number of nitrogens with zero attached hydrogens (tertiary/aromatic N) is 3. The minimum absolute atomic E-state index is 0.299. The monoisotopic (exact) mass is 241 g/mol. The molecule has 0 atom stereocenters. The standard InChI is InChI=1S/C11H19N3O3/c1-5-17-10(15)11(2,3)9-13-12-8-14(9)6-7-16-4/h8H,5-7H2,1-4H3. The smallest absolute Gasteiger partial charge is 0.319 e. The maximum Gasteiger partial charge on any atom is 0.319 e. The minimum atomic E-state index is -0.805. The molecule has 0 aliphatic rings. The van der Waals surface area contributed by atoms with Crippen LogP contribution in [0.3, 0.4) is 0 Å². The normalized spacial score (nSPS) is 11.5. The van der Waals surface area contributed by atoms with E-state index >= 15 is 0 Å². The molecule has 0 radical (unpaired) electrons. The van der Waals surface area contributed by atoms with Crippen LogP contribution in [0.1, 0.15) is 26.6 Å². The lowest BCUT2D eigenvalue weighted by Gasteiger charge is -2.21. The van der Waals surface area contributed by atoms with Crippen LogP contribution in [-0.4, -0.2) is 41.1 Å². The SMILES string of the molecule is CCOC(=O)C(C)(C)c1nncn1CCOC. The van der Waals surface area contributed by atoms with Crippen molar-refractivity contribution >= 4 is 5.97 Å². The number of hydrogen-bond acceptors (Lipinski definition) is 5. The molecule has 0 N–H and O–H groups in total. The maximum atomic E-state index is 11.9. The third-order valence-electron chi connectivity index (χ3n) is 2.50. The van der Waals surface area contributed by atoms with Crippen LogP contribution in [0.4, 0.5) is 0 Å². The summed E-state index contributed by atoms with van der Waals surface area (Å²) in [6.45, 7) is 6.85. The van der Waals surface area contributed by atoms with Gasteiger partial charge in [-0.25, -0.2) is 0 Å². The van der Waals surface area contributed by atoms with Gasteiger partial charge in [-0.05, 0) is 20.8 Å². The van der Waals surface area contributed by atoms with Crippen molar-refractivity contribution in [3.05, 3.63) is 12.2 Å². The van der Waals surface area contributed by atoms with Crippen LogP contribution in [-0.2, 0) is 26.2 Å². The van der Waals surface area contributed by atoms with Crippen molar-refractivity contribution in [3.63, 3.8) is 0 Å². The van der Waals surface area contributed by atoms with Crippen molar-refractivity contribution < 1.29 is 14.3 Å². The lowest BCUT2D eigenvalue weighted by Crippen LogP contribution is -2.34. The molecular formula is C11H19N3O3. The van der Waals surface area contributed by atoms with Crippen molar-refractivity contribution in [2.24, 2.45) is 0 Å². The van der Waals surface area contributed by atoms with Gasteiger partial charge in [-0.2, -0.15) is 0 Å². The third-order valence-corrected chi connectivity index (χ3v) is 2.50. The fraction of sp³-hybridized carbons (Fsp3) is 0.727. The summed E-state index contributed by atoms with van der Waals surface area (Å²) in [7, 11) is 1.63. The summed E-state index contributed by atoms with van der Waals surface area (Å²) >= 11 is 0. The van der Waals surface area contributed by atoms with Crippen LogP contribution >= 0.6 is 0 Å². The van der Waals surface area contributed by atoms with Gasteiger partial charge in [0.15, 0.2) is 0 Å². The first-order chi connectivity index (χ1) is 8.04. The Hall–Kier alpha value is -1.43. The zero-order valence-electron chi connectivity index (χ0n) is 10.8. The molecule has 6 nitrogen and oxygen atoms in total. The molecule has 0 unspecified atom stereocenters. The van der Waals surface area contributed by atoms with Gasteiger partial charge >= 0.3 is 5.97 Å². The summed E-state index contributed by atoms with van der Waals surface area (Å²) in [6.07, 6.45) is 1.59. The van der Waals surface area contributed by atoms with E-state index in [-0.39, 0.29) is 5.97 Å². The molecular weight excluding hydrogens is 222 g/mol. The molecule has 6 heteroatoms. The van der Waals surface area contributed by atoms with Gasteiger partial charge in [-0.1, -0.05) is 0 Å². The first-order valence-corrected chi connectivity index (χ1v) is 5.58.